The minimum absolute atomic E-state index is 0.464. The van der Waals surface area contributed by atoms with Crippen LogP contribution in [-0.4, -0.2) is 43.3 Å². The fourth-order valence-electron chi connectivity index (χ4n) is 3.61. The number of anilines is 1. The Morgan fingerprint density at radius 2 is 2.12 bits per heavy atom. The molecule has 0 aromatic carbocycles. The van der Waals surface area contributed by atoms with Gasteiger partial charge in [-0.05, 0) is 61.9 Å². The van der Waals surface area contributed by atoms with Crippen molar-refractivity contribution in [1.82, 2.24) is 35.5 Å². The number of piperidine rings is 1. The number of fused-ring (bicyclic) bond motifs is 1. The molecule has 8 heteroatoms. The lowest BCUT2D eigenvalue weighted by molar-refractivity contribution is 0.337. The van der Waals surface area contributed by atoms with Crippen LogP contribution < -0.4 is 11.1 Å². The summed E-state index contributed by atoms with van der Waals surface area (Å²) in [6.45, 7) is 3.31. The molecular weight excluding hydrogens is 316 g/mol. The molecule has 1 aliphatic heterocycles. The summed E-state index contributed by atoms with van der Waals surface area (Å²) in [7, 11) is 0. The molecule has 132 valence electrons. The smallest absolute Gasteiger partial charge is 0.203 e. The van der Waals surface area contributed by atoms with E-state index < -0.39 is 0 Å². The second-order valence-electron chi connectivity index (χ2n) is 6.83. The number of nitrogen functional groups attached to an aromatic ring is 1. The van der Waals surface area contributed by atoms with E-state index in [0.717, 1.165) is 35.5 Å². The number of nitrogens with two attached hydrogens (primary N) is 1. The fraction of sp³-hybridized carbons (Fsp3) is 0.529. The Hall–Kier alpha value is -2.48. The molecule has 4 N–H and O–H groups in total. The maximum absolute atomic E-state index is 5.86. The van der Waals surface area contributed by atoms with Gasteiger partial charge in [0.1, 0.15) is 11.3 Å². The number of aromatic nitrogens is 6. The number of hydrogen-bond donors (Lipinski definition) is 3. The Balaban J connectivity index is 1.36. The van der Waals surface area contributed by atoms with Gasteiger partial charge in [0.2, 0.25) is 5.65 Å². The van der Waals surface area contributed by atoms with Gasteiger partial charge in [-0.3, -0.25) is 4.68 Å². The number of nitrogens with zero attached hydrogens (tertiary/aromatic N) is 5. The highest BCUT2D eigenvalue weighted by atomic mass is 15.3. The zero-order chi connectivity index (χ0) is 17.1. The van der Waals surface area contributed by atoms with E-state index in [2.05, 4.69) is 37.0 Å². The Morgan fingerprint density at radius 3 is 3.00 bits per heavy atom. The first-order valence-electron chi connectivity index (χ1n) is 8.96. The summed E-state index contributed by atoms with van der Waals surface area (Å²) in [5.41, 5.74) is 9.36. The van der Waals surface area contributed by atoms with Crippen LogP contribution in [0.15, 0.2) is 18.5 Å². The highest BCUT2D eigenvalue weighted by Gasteiger charge is 2.13. The van der Waals surface area contributed by atoms with Gasteiger partial charge < -0.3 is 11.1 Å². The number of rotatable bonds is 6. The summed E-state index contributed by atoms with van der Waals surface area (Å²) in [4.78, 5) is 4.18. The van der Waals surface area contributed by atoms with Crippen LogP contribution in [0.25, 0.3) is 11.2 Å². The molecule has 0 bridgehead atoms. The fourth-order valence-corrected chi connectivity index (χ4v) is 3.61. The molecule has 25 heavy (non-hydrogen) atoms. The maximum Gasteiger partial charge on any atom is 0.203 e. The van der Waals surface area contributed by atoms with E-state index in [1.165, 1.54) is 38.8 Å². The average Bonchev–Trinajstić information content (AvgIpc) is 3.25. The highest BCUT2D eigenvalue weighted by molar-refractivity contribution is 5.76. The van der Waals surface area contributed by atoms with Crippen LogP contribution in [-0.2, 0) is 13.0 Å². The molecule has 0 radical (unpaired) electrons. The molecule has 0 saturated carbocycles. The molecule has 3 aromatic heterocycles. The van der Waals surface area contributed by atoms with Gasteiger partial charge in [-0.25, -0.2) is 4.98 Å². The van der Waals surface area contributed by atoms with Crippen molar-refractivity contribution >= 4 is 17.0 Å². The maximum atomic E-state index is 5.86. The van der Waals surface area contributed by atoms with Crippen LogP contribution in [0.4, 0.5) is 5.82 Å². The van der Waals surface area contributed by atoms with Gasteiger partial charge in [0.15, 0.2) is 0 Å². The number of aromatic amines is 1. The number of H-pyrrole nitrogens is 1. The molecule has 4 heterocycles. The number of aryl methyl sites for hydroxylation is 1. The lowest BCUT2D eigenvalue weighted by Gasteiger charge is -2.22. The van der Waals surface area contributed by atoms with Crippen LogP contribution in [0.1, 0.15) is 36.8 Å². The van der Waals surface area contributed by atoms with Crippen molar-refractivity contribution in [2.24, 2.45) is 5.92 Å². The topological polar surface area (TPSA) is 110 Å². The van der Waals surface area contributed by atoms with Gasteiger partial charge in [0, 0.05) is 19.2 Å². The summed E-state index contributed by atoms with van der Waals surface area (Å²) in [6.07, 6.45) is 9.85. The van der Waals surface area contributed by atoms with E-state index in [1.807, 2.05) is 16.9 Å². The van der Waals surface area contributed by atoms with Crippen molar-refractivity contribution in [2.45, 2.75) is 38.6 Å². The van der Waals surface area contributed by atoms with Crippen LogP contribution in [0.5, 0.6) is 0 Å². The SMILES string of the molecule is Nc1cc(Cc2cnn(CCCC3CCNCC3)c2)c2n[nH]nc2n1. The third kappa shape index (κ3) is 3.79. The van der Waals surface area contributed by atoms with E-state index >= 15 is 0 Å². The first-order valence-corrected chi connectivity index (χ1v) is 8.96. The average molecular weight is 340 g/mol. The van der Waals surface area contributed by atoms with Crippen molar-refractivity contribution in [3.05, 3.63) is 29.6 Å². The van der Waals surface area contributed by atoms with Crippen molar-refractivity contribution in [3.63, 3.8) is 0 Å². The summed E-state index contributed by atoms with van der Waals surface area (Å²) in [6, 6.07) is 1.86. The van der Waals surface area contributed by atoms with Gasteiger partial charge in [-0.1, -0.05) is 0 Å². The van der Waals surface area contributed by atoms with E-state index in [-0.39, 0.29) is 0 Å². The normalized spacial score (nSPS) is 15.8. The highest BCUT2D eigenvalue weighted by Crippen LogP contribution is 2.20. The van der Waals surface area contributed by atoms with Gasteiger partial charge in [0.05, 0.1) is 6.20 Å². The molecule has 0 atom stereocenters. The Bertz CT molecular complexity index is 830. The molecule has 1 saturated heterocycles. The van der Waals surface area contributed by atoms with Crippen molar-refractivity contribution < 1.29 is 0 Å². The van der Waals surface area contributed by atoms with Crippen LogP contribution in [0.3, 0.4) is 0 Å². The molecule has 0 amide bonds. The molecular formula is C17H24N8. The van der Waals surface area contributed by atoms with E-state index in [4.69, 9.17) is 5.73 Å². The van der Waals surface area contributed by atoms with Crippen molar-refractivity contribution in [2.75, 3.05) is 18.8 Å². The third-order valence-corrected chi connectivity index (χ3v) is 4.93. The van der Waals surface area contributed by atoms with Crippen LogP contribution >= 0.6 is 0 Å². The monoisotopic (exact) mass is 340 g/mol. The number of pyridine rings is 1. The number of hydrogen-bond acceptors (Lipinski definition) is 6. The molecule has 0 aliphatic carbocycles. The van der Waals surface area contributed by atoms with Crippen molar-refractivity contribution in [3.8, 4) is 0 Å². The standard InChI is InChI=1S/C17H24N8/c18-15-9-14(16-17(21-15)23-24-22-16)8-13-10-20-25(11-13)7-1-2-12-3-5-19-6-4-12/h9-12,19H,1-8H2,(H3,18,21,22,23,24). The lowest BCUT2D eigenvalue weighted by Crippen LogP contribution is -2.27. The number of nitrogens with one attached hydrogen (secondary N) is 2. The van der Waals surface area contributed by atoms with E-state index in [0.29, 0.717) is 11.5 Å². The van der Waals surface area contributed by atoms with E-state index in [1.54, 1.807) is 0 Å². The Kier molecular flexibility index (Phi) is 4.60. The molecule has 4 rings (SSSR count). The molecule has 1 aliphatic rings. The molecule has 1 fully saturated rings. The second kappa shape index (κ2) is 7.18. The second-order valence-corrected chi connectivity index (χ2v) is 6.83. The van der Waals surface area contributed by atoms with Gasteiger partial charge >= 0.3 is 0 Å². The summed E-state index contributed by atoms with van der Waals surface area (Å²) in [5, 5.41) is 18.7. The quantitative estimate of drug-likeness (QED) is 0.627. The summed E-state index contributed by atoms with van der Waals surface area (Å²) < 4.78 is 2.04. The van der Waals surface area contributed by atoms with Crippen LogP contribution in [0, 0.1) is 5.92 Å². The molecule has 0 spiro atoms. The first-order chi connectivity index (χ1) is 12.3. The third-order valence-electron chi connectivity index (χ3n) is 4.93. The lowest BCUT2D eigenvalue weighted by atomic mass is 9.93. The minimum Gasteiger partial charge on any atom is -0.384 e. The van der Waals surface area contributed by atoms with Gasteiger partial charge in [0.25, 0.3) is 0 Å². The summed E-state index contributed by atoms with van der Waals surface area (Å²) in [5.74, 6) is 1.34. The zero-order valence-electron chi connectivity index (χ0n) is 14.3. The van der Waals surface area contributed by atoms with Crippen LogP contribution in [0.2, 0.25) is 0 Å². The van der Waals surface area contributed by atoms with Crippen molar-refractivity contribution in [1.29, 1.82) is 0 Å². The summed E-state index contributed by atoms with van der Waals surface area (Å²) >= 11 is 0. The Morgan fingerprint density at radius 1 is 1.24 bits per heavy atom. The predicted molar refractivity (Wildman–Crippen MR) is 96.0 cm³/mol. The van der Waals surface area contributed by atoms with Gasteiger partial charge in [-0.15, -0.1) is 5.10 Å². The minimum atomic E-state index is 0.464. The predicted octanol–water partition coefficient (Wildman–Crippen LogP) is 1.50. The largest absolute Gasteiger partial charge is 0.384 e. The zero-order valence-corrected chi connectivity index (χ0v) is 14.3. The van der Waals surface area contributed by atoms with E-state index in [9.17, 15) is 0 Å². The Labute approximate surface area is 146 Å². The van der Waals surface area contributed by atoms with Gasteiger partial charge in [-0.2, -0.15) is 15.4 Å². The molecule has 8 nitrogen and oxygen atoms in total. The first kappa shape index (κ1) is 16.0. The molecule has 3 aromatic rings. The molecule has 0 unspecified atom stereocenters.